The summed E-state index contributed by atoms with van der Waals surface area (Å²) in [5.74, 6) is 1.10. The number of imidazole rings is 1. The van der Waals surface area contributed by atoms with Crippen molar-refractivity contribution in [2.24, 2.45) is 0 Å². The smallest absolute Gasteiger partial charge is 0.253 e. The molecule has 140 valence electrons. The fourth-order valence-electron chi connectivity index (χ4n) is 3.49. The standard InChI is InChI=1S/C21H25N5O/c1-24(2)17-9-7-16(8-10-17)21(27)26-13-11-25(12-14-26)15-20-22-18-5-3-4-6-19(18)23-20/h3-10H,11-15H2,1-2H3,(H,22,23). The highest BCUT2D eigenvalue weighted by Gasteiger charge is 2.22. The van der Waals surface area contributed by atoms with Gasteiger partial charge in [0.2, 0.25) is 0 Å². The number of aromatic amines is 1. The monoisotopic (exact) mass is 363 g/mol. The molecule has 4 rings (SSSR count). The normalized spacial score (nSPS) is 15.3. The number of fused-ring (bicyclic) bond motifs is 1. The molecule has 0 saturated carbocycles. The van der Waals surface area contributed by atoms with E-state index in [4.69, 9.17) is 0 Å². The van der Waals surface area contributed by atoms with E-state index in [1.165, 1.54) is 0 Å². The number of hydrogen-bond donors (Lipinski definition) is 1. The lowest BCUT2D eigenvalue weighted by Crippen LogP contribution is -2.48. The van der Waals surface area contributed by atoms with Crippen LogP contribution in [0.25, 0.3) is 11.0 Å². The van der Waals surface area contributed by atoms with Crippen molar-refractivity contribution in [2.75, 3.05) is 45.2 Å². The molecular formula is C21H25N5O. The van der Waals surface area contributed by atoms with Gasteiger partial charge in [0, 0.05) is 51.5 Å². The number of hydrogen-bond acceptors (Lipinski definition) is 4. The zero-order chi connectivity index (χ0) is 18.8. The largest absolute Gasteiger partial charge is 0.378 e. The third kappa shape index (κ3) is 3.80. The second kappa shape index (κ2) is 7.40. The second-order valence-electron chi connectivity index (χ2n) is 7.21. The number of para-hydroxylation sites is 2. The van der Waals surface area contributed by atoms with Gasteiger partial charge in [0.25, 0.3) is 5.91 Å². The fraction of sp³-hybridized carbons (Fsp3) is 0.333. The summed E-state index contributed by atoms with van der Waals surface area (Å²) in [5.41, 5.74) is 3.93. The van der Waals surface area contributed by atoms with Crippen LogP contribution in [0.4, 0.5) is 5.69 Å². The third-order valence-electron chi connectivity index (χ3n) is 5.10. The van der Waals surface area contributed by atoms with Gasteiger partial charge in [-0.25, -0.2) is 4.98 Å². The second-order valence-corrected chi connectivity index (χ2v) is 7.21. The maximum absolute atomic E-state index is 12.7. The molecule has 3 aromatic rings. The highest BCUT2D eigenvalue weighted by Crippen LogP contribution is 2.16. The van der Waals surface area contributed by atoms with Gasteiger partial charge in [0.05, 0.1) is 17.6 Å². The summed E-state index contributed by atoms with van der Waals surface area (Å²) in [6.07, 6.45) is 0. The Bertz CT molecular complexity index is 890. The Kier molecular flexibility index (Phi) is 4.81. The van der Waals surface area contributed by atoms with E-state index in [1.54, 1.807) is 0 Å². The van der Waals surface area contributed by atoms with Crippen molar-refractivity contribution in [1.29, 1.82) is 0 Å². The number of H-pyrrole nitrogens is 1. The van der Waals surface area contributed by atoms with Crippen molar-refractivity contribution < 1.29 is 4.79 Å². The molecule has 1 amide bonds. The van der Waals surface area contributed by atoms with Gasteiger partial charge >= 0.3 is 0 Å². The number of nitrogens with one attached hydrogen (secondary N) is 1. The zero-order valence-corrected chi connectivity index (χ0v) is 15.9. The molecule has 0 atom stereocenters. The molecule has 6 heteroatoms. The van der Waals surface area contributed by atoms with Crippen LogP contribution >= 0.6 is 0 Å². The van der Waals surface area contributed by atoms with Crippen LogP contribution in [0.2, 0.25) is 0 Å². The van der Waals surface area contributed by atoms with E-state index in [9.17, 15) is 4.79 Å². The summed E-state index contributed by atoms with van der Waals surface area (Å²) < 4.78 is 0. The van der Waals surface area contributed by atoms with Crippen molar-refractivity contribution >= 4 is 22.6 Å². The van der Waals surface area contributed by atoms with E-state index in [1.807, 2.05) is 72.4 Å². The highest BCUT2D eigenvalue weighted by atomic mass is 16.2. The zero-order valence-electron chi connectivity index (χ0n) is 15.9. The lowest BCUT2D eigenvalue weighted by atomic mass is 10.1. The molecule has 0 radical (unpaired) electrons. The van der Waals surface area contributed by atoms with Gasteiger partial charge in [0.15, 0.2) is 0 Å². The molecule has 1 fully saturated rings. The van der Waals surface area contributed by atoms with Crippen molar-refractivity contribution in [1.82, 2.24) is 19.8 Å². The maximum atomic E-state index is 12.7. The molecule has 1 aromatic heterocycles. The first kappa shape index (κ1) is 17.5. The van der Waals surface area contributed by atoms with Crippen molar-refractivity contribution in [2.45, 2.75) is 6.54 Å². The summed E-state index contributed by atoms with van der Waals surface area (Å²) in [7, 11) is 4.00. The summed E-state index contributed by atoms with van der Waals surface area (Å²) in [5, 5.41) is 0. The Labute approximate surface area is 159 Å². The molecule has 6 nitrogen and oxygen atoms in total. The first-order chi connectivity index (χ1) is 13.1. The molecule has 1 aliphatic heterocycles. The number of nitrogens with zero attached hydrogens (tertiary/aromatic N) is 4. The van der Waals surface area contributed by atoms with E-state index in [0.717, 1.165) is 60.8 Å². The average molecular weight is 363 g/mol. The van der Waals surface area contributed by atoms with Gasteiger partial charge < -0.3 is 14.8 Å². The Morgan fingerprint density at radius 1 is 1.04 bits per heavy atom. The fourth-order valence-corrected chi connectivity index (χ4v) is 3.49. The summed E-state index contributed by atoms with van der Waals surface area (Å²) in [6, 6.07) is 15.9. The van der Waals surface area contributed by atoms with Gasteiger partial charge in [-0.05, 0) is 36.4 Å². The Hall–Kier alpha value is -2.86. The van der Waals surface area contributed by atoms with Crippen molar-refractivity contribution in [3.8, 4) is 0 Å². The van der Waals surface area contributed by atoms with E-state index in [0.29, 0.717) is 0 Å². The number of amides is 1. The average Bonchev–Trinajstić information content (AvgIpc) is 3.10. The molecular weight excluding hydrogens is 338 g/mol. The van der Waals surface area contributed by atoms with Gasteiger partial charge in [-0.2, -0.15) is 0 Å². The van der Waals surface area contributed by atoms with Gasteiger partial charge in [-0.15, -0.1) is 0 Å². The predicted molar refractivity (Wildman–Crippen MR) is 108 cm³/mol. The first-order valence-corrected chi connectivity index (χ1v) is 9.33. The predicted octanol–water partition coefficient (Wildman–Crippen LogP) is 2.59. The molecule has 1 N–H and O–H groups in total. The minimum Gasteiger partial charge on any atom is -0.378 e. The van der Waals surface area contributed by atoms with E-state index < -0.39 is 0 Å². The van der Waals surface area contributed by atoms with Crippen LogP contribution in [0.5, 0.6) is 0 Å². The summed E-state index contributed by atoms with van der Waals surface area (Å²) >= 11 is 0. The van der Waals surface area contributed by atoms with Crippen LogP contribution in [0.3, 0.4) is 0 Å². The lowest BCUT2D eigenvalue weighted by molar-refractivity contribution is 0.0626. The lowest BCUT2D eigenvalue weighted by Gasteiger charge is -2.34. The topological polar surface area (TPSA) is 55.5 Å². The quantitative estimate of drug-likeness (QED) is 0.774. The van der Waals surface area contributed by atoms with Crippen LogP contribution in [0.15, 0.2) is 48.5 Å². The van der Waals surface area contributed by atoms with Crippen molar-refractivity contribution in [3.05, 3.63) is 59.9 Å². The van der Waals surface area contributed by atoms with Crippen LogP contribution in [-0.4, -0.2) is 65.9 Å². The van der Waals surface area contributed by atoms with Crippen LogP contribution in [-0.2, 0) is 6.54 Å². The maximum Gasteiger partial charge on any atom is 0.253 e. The molecule has 2 aromatic carbocycles. The van der Waals surface area contributed by atoms with Crippen LogP contribution in [0.1, 0.15) is 16.2 Å². The summed E-state index contributed by atoms with van der Waals surface area (Å²) in [4.78, 5) is 27.1. The summed E-state index contributed by atoms with van der Waals surface area (Å²) in [6.45, 7) is 3.99. The molecule has 0 spiro atoms. The van der Waals surface area contributed by atoms with Crippen LogP contribution < -0.4 is 4.90 Å². The highest BCUT2D eigenvalue weighted by molar-refractivity contribution is 5.94. The molecule has 0 unspecified atom stereocenters. The third-order valence-corrected chi connectivity index (χ3v) is 5.10. The minimum atomic E-state index is 0.115. The molecule has 1 saturated heterocycles. The molecule has 1 aliphatic rings. The molecule has 27 heavy (non-hydrogen) atoms. The Morgan fingerprint density at radius 3 is 2.41 bits per heavy atom. The Balaban J connectivity index is 1.34. The minimum absolute atomic E-state index is 0.115. The number of carbonyl (C=O) groups is 1. The number of rotatable bonds is 4. The number of anilines is 1. The Morgan fingerprint density at radius 2 is 1.74 bits per heavy atom. The van der Waals surface area contributed by atoms with Gasteiger partial charge in [-0.1, -0.05) is 12.1 Å². The number of piperazine rings is 1. The molecule has 0 bridgehead atoms. The van der Waals surface area contributed by atoms with E-state index in [2.05, 4.69) is 14.9 Å². The van der Waals surface area contributed by atoms with Crippen molar-refractivity contribution in [3.63, 3.8) is 0 Å². The SMILES string of the molecule is CN(C)c1ccc(C(=O)N2CCN(Cc3nc4ccccc4[nH]3)CC2)cc1. The molecule has 2 heterocycles. The van der Waals surface area contributed by atoms with Crippen LogP contribution in [0, 0.1) is 0 Å². The van der Waals surface area contributed by atoms with Gasteiger partial charge in [0.1, 0.15) is 5.82 Å². The van der Waals surface area contributed by atoms with E-state index >= 15 is 0 Å². The van der Waals surface area contributed by atoms with Gasteiger partial charge in [-0.3, -0.25) is 9.69 Å². The van der Waals surface area contributed by atoms with E-state index in [-0.39, 0.29) is 5.91 Å². The number of benzene rings is 2. The number of carbonyl (C=O) groups excluding carboxylic acids is 1. The first-order valence-electron chi connectivity index (χ1n) is 9.33. The molecule has 0 aliphatic carbocycles. The number of aromatic nitrogens is 2.